The van der Waals surface area contributed by atoms with Gasteiger partial charge in [-0.1, -0.05) is 0 Å². The molecule has 0 aliphatic rings. The Morgan fingerprint density at radius 2 is 2.31 bits per heavy atom. The quantitative estimate of drug-likeness (QED) is 0.619. The van der Waals surface area contributed by atoms with Gasteiger partial charge in [0.1, 0.15) is 0 Å². The van der Waals surface area contributed by atoms with E-state index in [2.05, 4.69) is 26.1 Å². The number of thiophene rings is 1. The van der Waals surface area contributed by atoms with E-state index in [1.54, 1.807) is 0 Å². The van der Waals surface area contributed by atoms with Crippen LogP contribution in [0.15, 0.2) is 15.9 Å². The minimum atomic E-state index is 0.197. The molecule has 0 saturated heterocycles. The molecular weight excluding hydrogens is 288 g/mol. The summed E-state index contributed by atoms with van der Waals surface area (Å²) in [6.07, 6.45) is 1.06. The minimum absolute atomic E-state index is 0.197. The summed E-state index contributed by atoms with van der Waals surface area (Å²) in [5, 5.41) is 3.10. The van der Waals surface area contributed by atoms with Gasteiger partial charge in [0, 0.05) is 0 Å². The molecule has 1 aromatic rings. The van der Waals surface area contributed by atoms with Crippen LogP contribution in [-0.4, -0.2) is 44.4 Å². The Labute approximate surface area is 109 Å². The van der Waals surface area contributed by atoms with Crippen molar-refractivity contribution in [2.24, 2.45) is 0 Å². The molecular formula is C11H17BrN2OS. The van der Waals surface area contributed by atoms with Crippen molar-refractivity contribution in [1.82, 2.24) is 10.2 Å². The monoisotopic (exact) mass is 304 g/mol. The van der Waals surface area contributed by atoms with Crippen molar-refractivity contribution in [3.63, 3.8) is 0 Å². The predicted molar refractivity (Wildman–Crippen MR) is 72.4 cm³/mol. The second kappa shape index (κ2) is 7.17. The molecule has 3 nitrogen and oxygen atoms in total. The normalized spacial score (nSPS) is 11.0. The number of nitrogens with zero attached hydrogens (tertiary/aromatic N) is 1. The molecule has 0 unspecified atom stereocenters. The Bertz CT molecular complexity index is 340. The second-order valence-electron chi connectivity index (χ2n) is 3.72. The van der Waals surface area contributed by atoms with Crippen molar-refractivity contribution in [3.8, 4) is 0 Å². The summed E-state index contributed by atoms with van der Waals surface area (Å²) in [6.45, 7) is 2.43. The lowest BCUT2D eigenvalue weighted by Gasteiger charge is -2.14. The minimum Gasteiger partial charge on any atom is -0.320 e. The molecule has 16 heavy (non-hydrogen) atoms. The number of halogens is 1. The van der Waals surface area contributed by atoms with Crippen LogP contribution in [0.3, 0.4) is 0 Å². The van der Waals surface area contributed by atoms with Gasteiger partial charge in [0.15, 0.2) is 5.78 Å². The van der Waals surface area contributed by atoms with Crippen LogP contribution in [0.25, 0.3) is 0 Å². The van der Waals surface area contributed by atoms with Crippen LogP contribution < -0.4 is 5.32 Å². The third-order valence-electron chi connectivity index (χ3n) is 2.23. The van der Waals surface area contributed by atoms with Crippen LogP contribution >= 0.6 is 27.3 Å². The molecule has 1 aromatic heterocycles. The summed E-state index contributed by atoms with van der Waals surface area (Å²) in [6, 6.07) is 3.79. The van der Waals surface area contributed by atoms with E-state index in [1.807, 2.05) is 26.2 Å². The molecule has 1 rings (SSSR count). The zero-order valence-electron chi connectivity index (χ0n) is 9.62. The Morgan fingerprint density at radius 3 is 2.88 bits per heavy atom. The highest BCUT2D eigenvalue weighted by atomic mass is 79.9. The molecule has 0 spiro atoms. The van der Waals surface area contributed by atoms with Crippen LogP contribution in [0.5, 0.6) is 0 Å². The molecule has 1 N–H and O–H groups in total. The number of Topliss-reactive ketones (excluding diaryl/α,β-unsaturated/α-hetero) is 1. The van der Waals surface area contributed by atoms with Gasteiger partial charge < -0.3 is 5.32 Å². The maximum atomic E-state index is 11.8. The first-order chi connectivity index (χ1) is 7.63. The lowest BCUT2D eigenvalue weighted by atomic mass is 10.3. The molecule has 0 saturated carbocycles. The largest absolute Gasteiger partial charge is 0.320 e. The number of hydrogen-bond acceptors (Lipinski definition) is 4. The van der Waals surface area contributed by atoms with Gasteiger partial charge in [-0.15, -0.1) is 11.3 Å². The van der Waals surface area contributed by atoms with Gasteiger partial charge in [0.05, 0.1) is 15.2 Å². The van der Waals surface area contributed by atoms with Gasteiger partial charge in [0.2, 0.25) is 0 Å². The molecule has 0 amide bonds. The third kappa shape index (κ3) is 4.74. The van der Waals surface area contributed by atoms with E-state index >= 15 is 0 Å². The van der Waals surface area contributed by atoms with Crippen molar-refractivity contribution in [1.29, 1.82) is 0 Å². The van der Waals surface area contributed by atoms with Crippen LogP contribution in [0.4, 0.5) is 0 Å². The molecule has 0 aliphatic carbocycles. The predicted octanol–water partition coefficient (Wildman–Crippen LogP) is 2.23. The number of carbonyl (C=O) groups excluding carboxylic acids is 1. The molecule has 1 heterocycles. The third-order valence-corrected chi connectivity index (χ3v) is 3.89. The van der Waals surface area contributed by atoms with Gasteiger partial charge in [-0.2, -0.15) is 0 Å². The fraction of sp³-hybridized carbons (Fsp3) is 0.545. The lowest BCUT2D eigenvalue weighted by molar-refractivity contribution is 0.0950. The highest BCUT2D eigenvalue weighted by molar-refractivity contribution is 9.11. The first kappa shape index (κ1) is 13.8. The highest BCUT2D eigenvalue weighted by Gasteiger charge is 2.10. The van der Waals surface area contributed by atoms with Gasteiger partial charge in [-0.25, -0.2) is 0 Å². The summed E-state index contributed by atoms with van der Waals surface area (Å²) in [5.41, 5.74) is 0. The van der Waals surface area contributed by atoms with Crippen molar-refractivity contribution < 1.29 is 4.79 Å². The van der Waals surface area contributed by atoms with Crippen LogP contribution in [0, 0.1) is 0 Å². The van der Waals surface area contributed by atoms with Gasteiger partial charge in [-0.05, 0) is 61.7 Å². The number of hydrogen-bond donors (Lipinski definition) is 1. The summed E-state index contributed by atoms with van der Waals surface area (Å²) >= 11 is 4.86. The summed E-state index contributed by atoms with van der Waals surface area (Å²) in [7, 11) is 3.92. The topological polar surface area (TPSA) is 32.3 Å². The number of carbonyl (C=O) groups is 1. The molecule has 0 atom stereocenters. The Kier molecular flexibility index (Phi) is 6.20. The van der Waals surface area contributed by atoms with Crippen molar-refractivity contribution in [2.45, 2.75) is 6.42 Å². The summed E-state index contributed by atoms with van der Waals surface area (Å²) < 4.78 is 1.01. The maximum Gasteiger partial charge on any atom is 0.186 e. The first-order valence-electron chi connectivity index (χ1n) is 5.25. The Morgan fingerprint density at radius 1 is 1.56 bits per heavy atom. The van der Waals surface area contributed by atoms with Gasteiger partial charge >= 0.3 is 0 Å². The van der Waals surface area contributed by atoms with E-state index in [9.17, 15) is 4.79 Å². The Balaban J connectivity index is 2.33. The number of likely N-dealkylation sites (N-methyl/N-ethyl adjacent to an activating group) is 1. The van der Waals surface area contributed by atoms with Crippen molar-refractivity contribution in [2.75, 3.05) is 33.7 Å². The van der Waals surface area contributed by atoms with Crippen molar-refractivity contribution in [3.05, 3.63) is 20.8 Å². The van der Waals surface area contributed by atoms with E-state index in [0.717, 1.165) is 28.2 Å². The summed E-state index contributed by atoms with van der Waals surface area (Å²) in [4.78, 5) is 14.7. The lowest BCUT2D eigenvalue weighted by Crippen LogP contribution is -2.28. The van der Waals surface area contributed by atoms with Crippen LogP contribution in [0.2, 0.25) is 0 Å². The average Bonchev–Trinajstić information content (AvgIpc) is 2.65. The zero-order chi connectivity index (χ0) is 12.0. The van der Waals surface area contributed by atoms with Crippen molar-refractivity contribution >= 4 is 33.0 Å². The first-order valence-corrected chi connectivity index (χ1v) is 6.86. The van der Waals surface area contributed by atoms with Crippen LogP contribution in [-0.2, 0) is 0 Å². The molecule has 5 heteroatoms. The molecule has 0 aliphatic heterocycles. The highest BCUT2D eigenvalue weighted by Crippen LogP contribution is 2.22. The summed E-state index contributed by atoms with van der Waals surface area (Å²) in [5.74, 6) is 0.197. The standard InChI is InChI=1S/C11H17BrN2OS/c1-13-6-3-7-14(2)8-9(15)10-4-5-11(12)16-10/h4-5,13H,3,6-8H2,1-2H3. The van der Waals surface area contributed by atoms with E-state index < -0.39 is 0 Å². The van der Waals surface area contributed by atoms with Gasteiger partial charge in [0.25, 0.3) is 0 Å². The number of nitrogens with one attached hydrogen (secondary N) is 1. The van der Waals surface area contributed by atoms with E-state index in [1.165, 1.54) is 11.3 Å². The van der Waals surface area contributed by atoms with Crippen LogP contribution in [0.1, 0.15) is 16.1 Å². The zero-order valence-corrected chi connectivity index (χ0v) is 12.0. The van der Waals surface area contributed by atoms with E-state index in [4.69, 9.17) is 0 Å². The fourth-order valence-electron chi connectivity index (χ4n) is 1.39. The second-order valence-corrected chi connectivity index (χ2v) is 6.18. The fourth-order valence-corrected chi connectivity index (χ4v) is 2.71. The average molecular weight is 305 g/mol. The number of rotatable bonds is 7. The molecule has 0 fully saturated rings. The van der Waals surface area contributed by atoms with E-state index in [-0.39, 0.29) is 5.78 Å². The smallest absolute Gasteiger partial charge is 0.186 e. The van der Waals surface area contributed by atoms with Gasteiger partial charge in [-0.3, -0.25) is 9.69 Å². The molecule has 0 radical (unpaired) electrons. The number of ketones is 1. The maximum absolute atomic E-state index is 11.8. The van der Waals surface area contributed by atoms with E-state index in [0.29, 0.717) is 6.54 Å². The molecule has 0 aromatic carbocycles. The Hall–Kier alpha value is -0.230. The molecule has 90 valence electrons. The molecule has 0 bridgehead atoms. The SMILES string of the molecule is CNCCCN(C)CC(=O)c1ccc(Br)s1.